The average molecular weight is 422 g/mol. The van der Waals surface area contributed by atoms with E-state index < -0.39 is 0 Å². The number of rotatable bonds is 4. The van der Waals surface area contributed by atoms with Gasteiger partial charge in [-0.05, 0) is 55.3 Å². The van der Waals surface area contributed by atoms with Crippen LogP contribution in [-0.2, 0) is 0 Å². The van der Waals surface area contributed by atoms with Crippen molar-refractivity contribution >= 4 is 34.8 Å². The van der Waals surface area contributed by atoms with E-state index in [4.69, 9.17) is 44.3 Å². The summed E-state index contributed by atoms with van der Waals surface area (Å²) in [6.45, 7) is 12.9. The predicted octanol–water partition coefficient (Wildman–Crippen LogP) is 8.49. The van der Waals surface area contributed by atoms with Gasteiger partial charge in [0, 0.05) is 10.0 Å². The number of hydrogen-bond acceptors (Lipinski definition) is 2. The number of ether oxygens (including phenoxy) is 2. The quantitative estimate of drug-likeness (QED) is 0.492. The third-order valence-electron chi connectivity index (χ3n) is 2.71. The summed E-state index contributed by atoms with van der Waals surface area (Å²) in [4.78, 5) is 0. The fourth-order valence-corrected chi connectivity index (χ4v) is 2.34. The number of hydrogen-bond donors (Lipinski definition) is 0. The predicted molar refractivity (Wildman–Crippen MR) is 118 cm³/mol. The van der Waals surface area contributed by atoms with E-state index in [1.807, 2.05) is 52.8 Å². The Morgan fingerprint density at radius 2 is 1.31 bits per heavy atom. The van der Waals surface area contributed by atoms with Crippen LogP contribution in [0.1, 0.15) is 46.6 Å². The lowest BCUT2D eigenvalue weighted by molar-refractivity contribution is 0.315. The normalized spacial score (nSPS) is 8.69. The van der Waals surface area contributed by atoms with Crippen LogP contribution in [0.2, 0.25) is 15.1 Å². The van der Waals surface area contributed by atoms with Crippen molar-refractivity contribution in [3.05, 3.63) is 57.0 Å². The summed E-state index contributed by atoms with van der Waals surface area (Å²) in [5, 5.41) is 1.91. The molecule has 0 aliphatic carbocycles. The molecular weight excluding hydrogens is 391 g/mol. The van der Waals surface area contributed by atoms with Crippen molar-refractivity contribution in [1.82, 2.24) is 0 Å². The standard InChI is InChI=1S/C10H13ClO.C7H6Cl2O.2C2H6/c1-3-6-12-10-5-4-9(11)7-8(10)2;1-10-7-3-2-5(8)4-6(7)9;2*1-2/h4-5,7H,3,6H2,1-2H3;2-4H,1H3;2*1-2H3. The molecule has 0 aliphatic rings. The summed E-state index contributed by atoms with van der Waals surface area (Å²) >= 11 is 17.1. The van der Waals surface area contributed by atoms with Gasteiger partial charge in [0.05, 0.1) is 18.7 Å². The van der Waals surface area contributed by atoms with Crippen molar-refractivity contribution in [2.24, 2.45) is 0 Å². The summed E-state index contributed by atoms with van der Waals surface area (Å²) < 4.78 is 10.4. The van der Waals surface area contributed by atoms with Crippen LogP contribution in [0.5, 0.6) is 11.5 Å². The van der Waals surface area contributed by atoms with E-state index in [-0.39, 0.29) is 0 Å². The second kappa shape index (κ2) is 17.3. The Morgan fingerprint density at radius 1 is 0.808 bits per heavy atom. The second-order valence-electron chi connectivity index (χ2n) is 4.54. The smallest absolute Gasteiger partial charge is 0.137 e. The molecule has 0 amide bonds. The van der Waals surface area contributed by atoms with Crippen LogP contribution in [0.25, 0.3) is 0 Å². The number of methoxy groups -OCH3 is 1. The molecular formula is C21H31Cl3O2. The van der Waals surface area contributed by atoms with Gasteiger partial charge in [-0.1, -0.05) is 69.4 Å². The first kappa shape index (κ1) is 27.1. The summed E-state index contributed by atoms with van der Waals surface area (Å²) in [5.74, 6) is 1.58. The largest absolute Gasteiger partial charge is 0.495 e. The van der Waals surface area contributed by atoms with E-state index in [1.54, 1.807) is 25.3 Å². The van der Waals surface area contributed by atoms with Gasteiger partial charge in [-0.2, -0.15) is 0 Å². The van der Waals surface area contributed by atoms with Crippen LogP contribution in [0, 0.1) is 6.92 Å². The maximum atomic E-state index is 5.80. The zero-order valence-electron chi connectivity index (χ0n) is 16.8. The Morgan fingerprint density at radius 3 is 1.73 bits per heavy atom. The van der Waals surface area contributed by atoms with Gasteiger partial charge in [0.1, 0.15) is 11.5 Å². The number of halogens is 3. The molecule has 0 bridgehead atoms. The molecule has 0 saturated carbocycles. The van der Waals surface area contributed by atoms with Crippen LogP contribution >= 0.6 is 34.8 Å². The molecule has 0 N–H and O–H groups in total. The van der Waals surface area contributed by atoms with Crippen molar-refractivity contribution in [2.75, 3.05) is 13.7 Å². The minimum Gasteiger partial charge on any atom is -0.495 e. The molecule has 0 fully saturated rings. The molecule has 148 valence electrons. The highest BCUT2D eigenvalue weighted by Crippen LogP contribution is 2.26. The summed E-state index contributed by atoms with van der Waals surface area (Å²) in [6.07, 6.45) is 1.03. The highest BCUT2D eigenvalue weighted by atomic mass is 35.5. The van der Waals surface area contributed by atoms with E-state index in [1.165, 1.54) is 0 Å². The molecule has 0 unspecified atom stereocenters. The molecule has 0 spiro atoms. The van der Waals surface area contributed by atoms with Crippen LogP contribution < -0.4 is 9.47 Å². The van der Waals surface area contributed by atoms with Gasteiger partial charge >= 0.3 is 0 Å². The van der Waals surface area contributed by atoms with Crippen LogP contribution in [0.3, 0.4) is 0 Å². The van der Waals surface area contributed by atoms with Gasteiger partial charge < -0.3 is 9.47 Å². The fourth-order valence-electron chi connectivity index (χ4n) is 1.63. The third-order valence-corrected chi connectivity index (χ3v) is 3.48. The Labute approximate surface area is 174 Å². The highest BCUT2D eigenvalue weighted by molar-refractivity contribution is 6.35. The van der Waals surface area contributed by atoms with E-state index in [9.17, 15) is 0 Å². The lowest BCUT2D eigenvalue weighted by atomic mass is 10.2. The van der Waals surface area contributed by atoms with Gasteiger partial charge in [0.25, 0.3) is 0 Å². The maximum absolute atomic E-state index is 5.80. The number of benzene rings is 2. The molecule has 2 aromatic rings. The molecule has 0 radical (unpaired) electrons. The molecule has 5 heteroatoms. The van der Waals surface area contributed by atoms with Crippen LogP contribution in [-0.4, -0.2) is 13.7 Å². The van der Waals surface area contributed by atoms with E-state index >= 15 is 0 Å². The Kier molecular flexibility index (Phi) is 18.1. The van der Waals surface area contributed by atoms with Gasteiger partial charge in [0.2, 0.25) is 0 Å². The van der Waals surface area contributed by atoms with Crippen molar-refractivity contribution in [3.63, 3.8) is 0 Å². The minimum absolute atomic E-state index is 0.537. The molecule has 0 aromatic heterocycles. The Hall–Kier alpha value is -1.09. The van der Waals surface area contributed by atoms with Crippen molar-refractivity contribution in [1.29, 1.82) is 0 Å². The lowest BCUT2D eigenvalue weighted by Gasteiger charge is -2.07. The molecule has 2 nitrogen and oxygen atoms in total. The van der Waals surface area contributed by atoms with Gasteiger partial charge in [-0.25, -0.2) is 0 Å². The number of aryl methyl sites for hydroxylation is 1. The minimum atomic E-state index is 0.537. The lowest BCUT2D eigenvalue weighted by Crippen LogP contribution is -1.96. The zero-order valence-corrected chi connectivity index (χ0v) is 19.1. The van der Waals surface area contributed by atoms with Gasteiger partial charge in [-0.3, -0.25) is 0 Å². The monoisotopic (exact) mass is 420 g/mol. The fraction of sp³-hybridized carbons (Fsp3) is 0.429. The summed E-state index contributed by atoms with van der Waals surface area (Å²) in [6, 6.07) is 10.8. The average Bonchev–Trinajstić information content (AvgIpc) is 2.65. The molecule has 26 heavy (non-hydrogen) atoms. The second-order valence-corrected chi connectivity index (χ2v) is 5.82. The van der Waals surface area contributed by atoms with Crippen molar-refractivity contribution in [2.45, 2.75) is 48.0 Å². The molecule has 0 heterocycles. The first-order valence-corrected chi connectivity index (χ1v) is 9.99. The van der Waals surface area contributed by atoms with Crippen LogP contribution in [0.15, 0.2) is 36.4 Å². The molecule has 2 rings (SSSR count). The van der Waals surface area contributed by atoms with E-state index in [0.717, 1.165) is 29.4 Å². The molecule has 0 aliphatic heterocycles. The SMILES string of the molecule is CC.CC.CCCOc1ccc(Cl)cc1C.COc1ccc(Cl)cc1Cl. The van der Waals surface area contributed by atoms with Gasteiger partial charge in [0.15, 0.2) is 0 Å². The van der Waals surface area contributed by atoms with Crippen molar-refractivity contribution in [3.8, 4) is 11.5 Å². The summed E-state index contributed by atoms with van der Waals surface area (Å²) in [7, 11) is 1.56. The van der Waals surface area contributed by atoms with Crippen molar-refractivity contribution < 1.29 is 9.47 Å². The topological polar surface area (TPSA) is 18.5 Å². The van der Waals surface area contributed by atoms with Gasteiger partial charge in [-0.15, -0.1) is 0 Å². The zero-order chi connectivity index (χ0) is 20.5. The first-order valence-electron chi connectivity index (χ1n) is 8.86. The summed E-state index contributed by atoms with van der Waals surface area (Å²) in [5.41, 5.74) is 1.09. The van der Waals surface area contributed by atoms with E-state index in [0.29, 0.717) is 15.8 Å². The van der Waals surface area contributed by atoms with E-state index in [2.05, 4.69) is 6.92 Å². The maximum Gasteiger partial charge on any atom is 0.137 e. The Balaban J connectivity index is 0. The third kappa shape index (κ3) is 11.5. The molecule has 2 aromatic carbocycles. The Bertz CT molecular complexity index is 602. The molecule has 0 saturated heterocycles. The molecule has 0 atom stereocenters. The van der Waals surface area contributed by atoms with Crippen LogP contribution in [0.4, 0.5) is 0 Å². The highest BCUT2D eigenvalue weighted by Gasteiger charge is 1.99. The first-order chi connectivity index (χ1) is 12.5.